The van der Waals surface area contributed by atoms with E-state index in [1.165, 1.54) is 0 Å². The molecule has 1 aromatic carbocycles. The summed E-state index contributed by atoms with van der Waals surface area (Å²) in [5.74, 6) is 0.236. The fraction of sp³-hybridized carbons (Fsp3) is 0.474. The van der Waals surface area contributed by atoms with Crippen LogP contribution in [0.25, 0.3) is 0 Å². The maximum atomic E-state index is 12.9. The molecule has 0 bridgehead atoms. The molecule has 2 rings (SSSR count). The molecule has 2 aromatic rings. The van der Waals surface area contributed by atoms with Crippen LogP contribution in [0.3, 0.4) is 0 Å². The normalized spacial score (nSPS) is 14.0. The van der Waals surface area contributed by atoms with Crippen LogP contribution >= 0.6 is 22.1 Å². The monoisotopic (exact) mass is 425 g/mol. The van der Waals surface area contributed by atoms with Crippen LogP contribution in [0.5, 0.6) is 0 Å². The number of thiophene rings is 1. The van der Waals surface area contributed by atoms with Gasteiger partial charge in [-0.15, -0.1) is 11.3 Å². The van der Waals surface area contributed by atoms with Gasteiger partial charge >= 0.3 is 0 Å². The molecule has 1 atom stereocenters. The first kappa shape index (κ1) is 21.7. The predicted molar refractivity (Wildman–Crippen MR) is 112 cm³/mol. The van der Waals surface area contributed by atoms with Gasteiger partial charge in [0.25, 0.3) is 0 Å². The van der Waals surface area contributed by atoms with Crippen LogP contribution < -0.4 is 0 Å². The van der Waals surface area contributed by atoms with Gasteiger partial charge in [0.1, 0.15) is 0 Å². The average Bonchev–Trinajstić information content (AvgIpc) is 2.89. The van der Waals surface area contributed by atoms with Crippen LogP contribution in [0.4, 0.5) is 0 Å². The highest BCUT2D eigenvalue weighted by Crippen LogP contribution is 2.46. The third-order valence-corrected chi connectivity index (χ3v) is 9.14. The lowest BCUT2D eigenvalue weighted by molar-refractivity contribution is 0.100. The second kappa shape index (κ2) is 8.18. The highest BCUT2D eigenvalue weighted by molar-refractivity contribution is 8.72. The van der Waals surface area contributed by atoms with Gasteiger partial charge in [-0.3, -0.25) is 0 Å². The number of hydrogen-bond donors (Lipinski definition) is 0. The molecule has 0 N–H and O–H groups in total. The van der Waals surface area contributed by atoms with Gasteiger partial charge in [-0.05, 0) is 36.5 Å². The van der Waals surface area contributed by atoms with E-state index in [0.29, 0.717) is 4.90 Å². The molecule has 0 aliphatic heterocycles. The van der Waals surface area contributed by atoms with Gasteiger partial charge < -0.3 is 4.43 Å². The Balaban J connectivity index is 2.44. The summed E-state index contributed by atoms with van der Waals surface area (Å²) in [4.78, 5) is 3.22. The molecule has 1 heterocycles. The Morgan fingerprint density at radius 1 is 1.15 bits per heavy atom. The summed E-state index contributed by atoms with van der Waals surface area (Å²) >= 11 is 1.62. The molecule has 1 unspecified atom stereocenters. The molecule has 0 spiro atoms. The molecule has 0 amide bonds. The van der Waals surface area contributed by atoms with Crippen molar-refractivity contribution in [3.8, 4) is 0 Å². The molecule has 141 valence electrons. The molecule has 1 aromatic heterocycles. The Bertz CT molecular complexity index is 847. The zero-order valence-corrected chi connectivity index (χ0v) is 19.4. The topological polar surface area (TPSA) is 43.4 Å². The van der Waals surface area contributed by atoms with Gasteiger partial charge in [0.15, 0.2) is 0 Å². The molecule has 3 nitrogen and oxygen atoms in total. The van der Waals surface area contributed by atoms with E-state index in [0.717, 1.165) is 31.0 Å². The van der Waals surface area contributed by atoms with Crippen LogP contribution in [-0.4, -0.2) is 18.9 Å². The Labute approximate surface area is 168 Å². The molecular weight excluding hydrogens is 400 g/mol. The first-order valence-corrected chi connectivity index (χ1v) is 12.5. The molecule has 7 heteroatoms. The largest absolute Gasteiger partial charge is 0.410 e. The van der Waals surface area contributed by atoms with Gasteiger partial charge in [-0.25, -0.2) is 8.42 Å². The van der Waals surface area contributed by atoms with Crippen LogP contribution in [0.1, 0.15) is 62.0 Å². The van der Waals surface area contributed by atoms with Crippen molar-refractivity contribution in [3.05, 3.63) is 45.6 Å². The van der Waals surface area contributed by atoms with Crippen molar-refractivity contribution in [1.29, 1.82) is 0 Å². The van der Waals surface area contributed by atoms with E-state index in [4.69, 9.17) is 4.43 Å². The highest BCUT2D eigenvalue weighted by atomic mass is 33.1. The molecule has 0 aliphatic rings. The fourth-order valence-electron chi connectivity index (χ4n) is 2.54. The van der Waals surface area contributed by atoms with Crippen LogP contribution in [0, 0.1) is 12.3 Å². The Morgan fingerprint density at radius 2 is 1.73 bits per heavy atom. The molecular formula is C19H25O3S3Si. The molecule has 3 radical (unpaired) electrons. The number of hydrogen-bond acceptors (Lipinski definition) is 5. The molecule has 0 fully saturated rings. The first-order chi connectivity index (χ1) is 12.0. The summed E-state index contributed by atoms with van der Waals surface area (Å²) in [6.07, 6.45) is -0.155. The maximum absolute atomic E-state index is 12.9. The van der Waals surface area contributed by atoms with Crippen molar-refractivity contribution in [3.63, 3.8) is 0 Å². The van der Waals surface area contributed by atoms with Gasteiger partial charge in [0.2, 0.25) is 19.4 Å². The molecule has 26 heavy (non-hydrogen) atoms. The van der Waals surface area contributed by atoms with Gasteiger partial charge in [-0.2, -0.15) is 0 Å². The average molecular weight is 426 g/mol. The molecule has 0 aliphatic carbocycles. The molecule has 0 saturated heterocycles. The summed E-state index contributed by atoms with van der Waals surface area (Å²) in [7, 11) is 0.659. The quantitative estimate of drug-likeness (QED) is 0.430. The number of aryl methyl sites for hydroxylation is 1. The predicted octanol–water partition coefficient (Wildman–Crippen LogP) is 5.85. The van der Waals surface area contributed by atoms with Gasteiger partial charge in [-0.1, -0.05) is 52.3 Å². The first-order valence-electron chi connectivity index (χ1n) is 8.43. The van der Waals surface area contributed by atoms with E-state index in [-0.39, 0.29) is 17.4 Å². The zero-order chi connectivity index (χ0) is 19.7. The fourth-order valence-corrected chi connectivity index (χ4v) is 7.96. The van der Waals surface area contributed by atoms with Crippen LogP contribution in [0.15, 0.2) is 40.1 Å². The van der Waals surface area contributed by atoms with Crippen molar-refractivity contribution >= 4 is 41.5 Å². The zero-order valence-electron chi connectivity index (χ0n) is 16.0. The van der Waals surface area contributed by atoms with E-state index < -0.39 is 8.87 Å². The van der Waals surface area contributed by atoms with Crippen molar-refractivity contribution in [2.45, 2.75) is 63.4 Å². The maximum Gasteiger partial charge on any atom is 0.247 e. The van der Waals surface area contributed by atoms with Crippen molar-refractivity contribution in [2.75, 3.05) is 0 Å². The van der Waals surface area contributed by atoms with Crippen molar-refractivity contribution in [1.82, 2.24) is 0 Å². The summed E-state index contributed by atoms with van der Waals surface area (Å²) in [6, 6.07) is 8.94. The third-order valence-electron chi connectivity index (χ3n) is 3.94. The molecule has 0 saturated carbocycles. The minimum Gasteiger partial charge on any atom is -0.410 e. The second-order valence-corrected chi connectivity index (χ2v) is 12.9. The SMILES string of the molecule is Cc1ccc(S(=O)(=O)Sc2cc(C(O[Si])C(C)(C)C)sc2C(C)C)cc1. The minimum absolute atomic E-state index is 0.112. The minimum atomic E-state index is -3.47. The lowest BCUT2D eigenvalue weighted by atomic mass is 9.88. The Hall–Kier alpha value is -0.603. The van der Waals surface area contributed by atoms with E-state index in [9.17, 15) is 8.42 Å². The third kappa shape index (κ3) is 5.01. The van der Waals surface area contributed by atoms with Gasteiger partial charge in [0, 0.05) is 25.4 Å². The van der Waals surface area contributed by atoms with E-state index >= 15 is 0 Å². The second-order valence-electron chi connectivity index (χ2n) is 7.75. The summed E-state index contributed by atoms with van der Waals surface area (Å²) < 4.78 is 31.3. The number of rotatable bonds is 6. The van der Waals surface area contributed by atoms with Gasteiger partial charge in [0.05, 0.1) is 11.0 Å². The number of benzene rings is 1. The van der Waals surface area contributed by atoms with Crippen LogP contribution in [0.2, 0.25) is 0 Å². The van der Waals surface area contributed by atoms with Crippen molar-refractivity contribution in [2.24, 2.45) is 5.41 Å². The van der Waals surface area contributed by atoms with Crippen molar-refractivity contribution < 1.29 is 12.8 Å². The summed E-state index contributed by atoms with van der Waals surface area (Å²) in [5, 5.41) is 0. The highest BCUT2D eigenvalue weighted by Gasteiger charge is 2.30. The Morgan fingerprint density at radius 3 is 2.19 bits per heavy atom. The lowest BCUT2D eigenvalue weighted by Gasteiger charge is -2.28. The summed E-state index contributed by atoms with van der Waals surface area (Å²) in [6.45, 7) is 12.4. The Kier molecular flexibility index (Phi) is 6.83. The van der Waals surface area contributed by atoms with E-state index in [2.05, 4.69) is 45.1 Å². The van der Waals surface area contributed by atoms with E-state index in [1.54, 1.807) is 23.5 Å². The van der Waals surface area contributed by atoms with E-state index in [1.807, 2.05) is 25.1 Å². The lowest BCUT2D eigenvalue weighted by Crippen LogP contribution is -2.19. The standard InChI is InChI=1S/C19H25O3S3Si/c1-12(2)17-15(11-16(23-17)18(22-26)19(4,5)6)24-25(20,21)14-9-7-13(3)8-10-14/h7-12,18H,1-6H3. The summed E-state index contributed by atoms with van der Waals surface area (Å²) in [5.41, 5.74) is 0.926. The van der Waals surface area contributed by atoms with Crippen LogP contribution in [-0.2, 0) is 13.3 Å². The smallest absolute Gasteiger partial charge is 0.247 e.